The first kappa shape index (κ1) is 16.7. The number of ether oxygens (including phenoxy) is 2. The van der Waals surface area contributed by atoms with Crippen LogP contribution in [0.5, 0.6) is 0 Å². The van der Waals surface area contributed by atoms with Crippen LogP contribution in [0.15, 0.2) is 0 Å². The lowest BCUT2D eigenvalue weighted by molar-refractivity contribution is 0.141. The molecular weight excluding hydrogens is 288 g/mol. The summed E-state index contributed by atoms with van der Waals surface area (Å²) in [4.78, 5) is 8.12. The molecule has 0 radical (unpaired) electrons. The Morgan fingerprint density at radius 1 is 1.24 bits per heavy atom. The molecule has 1 unspecified atom stereocenters. The molecule has 0 aromatic carbocycles. The molecule has 1 aromatic rings. The van der Waals surface area contributed by atoms with Crippen LogP contribution in [-0.4, -0.2) is 49.6 Å². The minimum Gasteiger partial charge on any atom is -0.387 e. The Balaban J connectivity index is 2.03. The second-order valence-corrected chi connectivity index (χ2v) is 6.16. The van der Waals surface area contributed by atoms with Gasteiger partial charge in [-0.1, -0.05) is 0 Å². The highest BCUT2D eigenvalue weighted by Gasteiger charge is 2.24. The second-order valence-electron chi connectivity index (χ2n) is 5.09. The highest BCUT2D eigenvalue weighted by atomic mass is 32.1. The van der Waals surface area contributed by atoms with E-state index in [-0.39, 0.29) is 6.10 Å². The van der Waals surface area contributed by atoms with E-state index in [2.05, 4.69) is 9.88 Å². The Morgan fingerprint density at radius 3 is 2.48 bits per heavy atom. The molecule has 1 heterocycles. The Hall–Kier alpha value is -0.690. The van der Waals surface area contributed by atoms with Crippen molar-refractivity contribution in [3.8, 4) is 0 Å². The first-order valence-electron chi connectivity index (χ1n) is 7.84. The smallest absolute Gasteiger partial charge is 0.186 e. The molecular formula is C15H26N2O3S. The Labute approximate surface area is 130 Å². The van der Waals surface area contributed by atoms with Gasteiger partial charge in [-0.3, -0.25) is 0 Å². The largest absolute Gasteiger partial charge is 0.387 e. The maximum atomic E-state index is 10.1. The standard InChI is InChI=1S/C15H26N2O3S/c1-3-19-10-8-17(9-11-20-4-2)15-16-14-12(18)6-5-7-13(14)21-15/h12,18H,3-11H2,1-2H3. The van der Waals surface area contributed by atoms with Crippen LogP contribution >= 0.6 is 11.3 Å². The number of rotatable bonds is 9. The van der Waals surface area contributed by atoms with Gasteiger partial charge in [0, 0.05) is 31.2 Å². The first-order chi connectivity index (χ1) is 10.3. The average molecular weight is 314 g/mol. The number of aliphatic hydroxyl groups is 1. The summed E-state index contributed by atoms with van der Waals surface area (Å²) in [7, 11) is 0. The maximum absolute atomic E-state index is 10.1. The number of aromatic nitrogens is 1. The van der Waals surface area contributed by atoms with Crippen molar-refractivity contribution in [2.75, 3.05) is 44.4 Å². The summed E-state index contributed by atoms with van der Waals surface area (Å²) in [6, 6.07) is 0. The number of aliphatic hydroxyl groups excluding tert-OH is 1. The molecule has 1 N–H and O–H groups in total. The SMILES string of the molecule is CCOCCN(CCOCC)c1nc2c(s1)CCCC2O. The number of thiazole rings is 1. The fraction of sp³-hybridized carbons (Fsp3) is 0.800. The van der Waals surface area contributed by atoms with Gasteiger partial charge in [0.25, 0.3) is 0 Å². The molecule has 1 aliphatic rings. The van der Waals surface area contributed by atoms with E-state index in [1.165, 1.54) is 4.88 Å². The van der Waals surface area contributed by atoms with Crippen LogP contribution in [0.4, 0.5) is 5.13 Å². The molecule has 5 nitrogen and oxygen atoms in total. The van der Waals surface area contributed by atoms with E-state index in [1.807, 2.05) is 13.8 Å². The summed E-state index contributed by atoms with van der Waals surface area (Å²) < 4.78 is 10.9. The van der Waals surface area contributed by atoms with E-state index < -0.39 is 0 Å². The van der Waals surface area contributed by atoms with Gasteiger partial charge in [0.15, 0.2) is 5.13 Å². The number of anilines is 1. The molecule has 1 aliphatic carbocycles. The molecule has 0 aliphatic heterocycles. The van der Waals surface area contributed by atoms with Crippen molar-refractivity contribution in [1.82, 2.24) is 4.98 Å². The van der Waals surface area contributed by atoms with Crippen molar-refractivity contribution < 1.29 is 14.6 Å². The van der Waals surface area contributed by atoms with Crippen LogP contribution < -0.4 is 4.90 Å². The van der Waals surface area contributed by atoms with Gasteiger partial charge < -0.3 is 19.5 Å². The van der Waals surface area contributed by atoms with Gasteiger partial charge in [0.05, 0.1) is 25.0 Å². The van der Waals surface area contributed by atoms with Crippen molar-refractivity contribution in [3.05, 3.63) is 10.6 Å². The third-order valence-electron chi connectivity index (χ3n) is 3.60. The quantitative estimate of drug-likeness (QED) is 0.709. The Bertz CT molecular complexity index is 415. The van der Waals surface area contributed by atoms with Gasteiger partial charge in [-0.15, -0.1) is 11.3 Å². The number of fused-ring (bicyclic) bond motifs is 1. The van der Waals surface area contributed by atoms with Crippen LogP contribution in [0.25, 0.3) is 0 Å². The normalized spacial score (nSPS) is 17.8. The van der Waals surface area contributed by atoms with Gasteiger partial charge in [-0.2, -0.15) is 0 Å². The molecule has 0 spiro atoms. The number of nitrogens with zero attached hydrogens (tertiary/aromatic N) is 2. The molecule has 120 valence electrons. The second kappa shape index (κ2) is 8.68. The summed E-state index contributed by atoms with van der Waals surface area (Å²) in [5.74, 6) is 0. The van der Waals surface area contributed by atoms with Crippen LogP contribution in [0.1, 0.15) is 43.4 Å². The molecule has 0 amide bonds. The highest BCUT2D eigenvalue weighted by Crippen LogP contribution is 2.36. The molecule has 0 saturated heterocycles. The monoisotopic (exact) mass is 314 g/mol. The van der Waals surface area contributed by atoms with Gasteiger partial charge in [-0.25, -0.2) is 4.98 Å². The average Bonchev–Trinajstić information content (AvgIpc) is 2.91. The van der Waals surface area contributed by atoms with Gasteiger partial charge in [-0.05, 0) is 33.1 Å². The summed E-state index contributed by atoms with van der Waals surface area (Å²) in [6.07, 6.45) is 2.52. The molecule has 21 heavy (non-hydrogen) atoms. The molecule has 0 saturated carbocycles. The minimum atomic E-state index is -0.389. The van der Waals surface area contributed by atoms with Gasteiger partial charge >= 0.3 is 0 Å². The van der Waals surface area contributed by atoms with E-state index in [0.29, 0.717) is 13.2 Å². The van der Waals surface area contributed by atoms with E-state index in [0.717, 1.165) is 56.4 Å². The summed E-state index contributed by atoms with van der Waals surface area (Å²) in [6.45, 7) is 8.46. The third kappa shape index (κ3) is 4.64. The molecule has 0 fully saturated rings. The lowest BCUT2D eigenvalue weighted by Crippen LogP contribution is -2.31. The van der Waals surface area contributed by atoms with Crippen molar-refractivity contribution in [1.29, 1.82) is 0 Å². The zero-order valence-electron chi connectivity index (χ0n) is 13.0. The van der Waals surface area contributed by atoms with Crippen LogP contribution in [0.2, 0.25) is 0 Å². The minimum absolute atomic E-state index is 0.389. The first-order valence-corrected chi connectivity index (χ1v) is 8.66. The fourth-order valence-corrected chi connectivity index (χ4v) is 3.67. The summed E-state index contributed by atoms with van der Waals surface area (Å²) in [5, 5.41) is 11.0. The van der Waals surface area contributed by atoms with Crippen LogP contribution in [0, 0.1) is 0 Å². The fourth-order valence-electron chi connectivity index (χ4n) is 2.46. The predicted molar refractivity (Wildman–Crippen MR) is 85.2 cm³/mol. The summed E-state index contributed by atoms with van der Waals surface area (Å²) in [5.41, 5.74) is 0.888. The zero-order valence-corrected chi connectivity index (χ0v) is 13.8. The van der Waals surface area contributed by atoms with Crippen molar-refractivity contribution in [2.45, 2.75) is 39.2 Å². The lowest BCUT2D eigenvalue weighted by Gasteiger charge is -2.21. The Morgan fingerprint density at radius 2 is 1.90 bits per heavy atom. The van der Waals surface area contributed by atoms with Crippen molar-refractivity contribution in [2.24, 2.45) is 0 Å². The summed E-state index contributed by atoms with van der Waals surface area (Å²) >= 11 is 1.71. The van der Waals surface area contributed by atoms with Crippen molar-refractivity contribution in [3.63, 3.8) is 0 Å². The number of aryl methyl sites for hydroxylation is 1. The predicted octanol–water partition coefficient (Wildman–Crippen LogP) is 2.39. The molecule has 1 atom stereocenters. The topological polar surface area (TPSA) is 54.8 Å². The maximum Gasteiger partial charge on any atom is 0.186 e. The number of hydrogen-bond acceptors (Lipinski definition) is 6. The highest BCUT2D eigenvalue weighted by molar-refractivity contribution is 7.15. The van der Waals surface area contributed by atoms with Crippen LogP contribution in [0.3, 0.4) is 0 Å². The van der Waals surface area contributed by atoms with E-state index in [9.17, 15) is 5.11 Å². The van der Waals surface area contributed by atoms with E-state index in [4.69, 9.17) is 9.47 Å². The zero-order chi connectivity index (χ0) is 15.1. The van der Waals surface area contributed by atoms with Crippen LogP contribution in [-0.2, 0) is 15.9 Å². The van der Waals surface area contributed by atoms with Gasteiger partial charge in [0.1, 0.15) is 0 Å². The van der Waals surface area contributed by atoms with Gasteiger partial charge in [0.2, 0.25) is 0 Å². The van der Waals surface area contributed by atoms with Crippen molar-refractivity contribution >= 4 is 16.5 Å². The molecule has 0 bridgehead atoms. The molecule has 1 aromatic heterocycles. The van der Waals surface area contributed by atoms with E-state index in [1.54, 1.807) is 11.3 Å². The Kier molecular flexibility index (Phi) is 6.89. The number of hydrogen-bond donors (Lipinski definition) is 1. The third-order valence-corrected chi connectivity index (χ3v) is 4.79. The molecule has 2 rings (SSSR count). The molecule has 6 heteroatoms. The van der Waals surface area contributed by atoms with E-state index >= 15 is 0 Å². The lowest BCUT2D eigenvalue weighted by atomic mass is 10.0.